The van der Waals surface area contributed by atoms with E-state index in [1.165, 1.54) is 17.3 Å². The van der Waals surface area contributed by atoms with E-state index < -0.39 is 0 Å². The van der Waals surface area contributed by atoms with Crippen LogP contribution in [0.25, 0.3) is 0 Å². The summed E-state index contributed by atoms with van der Waals surface area (Å²) in [7, 11) is 0. The summed E-state index contributed by atoms with van der Waals surface area (Å²) in [4.78, 5) is 12.6. The molecule has 0 radical (unpaired) electrons. The SMILES string of the molecule is C=CCn1c(CSCc2ccc(Cl)cc2)nnc1SCC(=O)Nc1c(C)cc(I)cc1C. The second-order valence-electron chi connectivity index (χ2n) is 7.17. The third kappa shape index (κ3) is 7.00. The van der Waals surface area contributed by atoms with Crippen LogP contribution >= 0.6 is 57.7 Å². The van der Waals surface area contributed by atoms with Crippen molar-refractivity contribution in [3.05, 3.63) is 80.2 Å². The van der Waals surface area contributed by atoms with Crippen LogP contribution in [0.1, 0.15) is 22.5 Å². The van der Waals surface area contributed by atoms with E-state index in [4.69, 9.17) is 11.6 Å². The van der Waals surface area contributed by atoms with Crippen LogP contribution in [-0.2, 0) is 22.8 Å². The van der Waals surface area contributed by atoms with Gasteiger partial charge in [-0.2, -0.15) is 0 Å². The molecule has 0 unspecified atom stereocenters. The Morgan fingerprint density at radius 1 is 1.19 bits per heavy atom. The van der Waals surface area contributed by atoms with Crippen LogP contribution in [0.3, 0.4) is 0 Å². The van der Waals surface area contributed by atoms with Gasteiger partial charge in [0.1, 0.15) is 5.82 Å². The smallest absolute Gasteiger partial charge is 0.234 e. The number of carbonyl (C=O) groups is 1. The van der Waals surface area contributed by atoms with E-state index in [0.717, 1.165) is 47.9 Å². The van der Waals surface area contributed by atoms with E-state index in [2.05, 4.69) is 56.8 Å². The molecule has 32 heavy (non-hydrogen) atoms. The van der Waals surface area contributed by atoms with Crippen molar-refractivity contribution >= 4 is 69.3 Å². The summed E-state index contributed by atoms with van der Waals surface area (Å²) in [6, 6.07) is 12.0. The third-order valence-electron chi connectivity index (χ3n) is 4.61. The molecule has 0 saturated heterocycles. The van der Waals surface area contributed by atoms with Crippen LogP contribution in [0.15, 0.2) is 54.2 Å². The van der Waals surface area contributed by atoms with Gasteiger partial charge in [-0.1, -0.05) is 41.6 Å². The number of thioether (sulfide) groups is 2. The predicted octanol–water partition coefficient (Wildman–Crippen LogP) is 6.50. The van der Waals surface area contributed by atoms with Crippen LogP contribution in [0.4, 0.5) is 5.69 Å². The number of anilines is 1. The van der Waals surface area contributed by atoms with Gasteiger partial charge < -0.3 is 9.88 Å². The van der Waals surface area contributed by atoms with Gasteiger partial charge in [-0.15, -0.1) is 28.5 Å². The molecule has 3 rings (SSSR count). The van der Waals surface area contributed by atoms with Crippen molar-refractivity contribution in [2.45, 2.75) is 37.1 Å². The Balaban J connectivity index is 1.59. The standard InChI is InChI=1S/C23H24ClIN4OS2/c1-4-9-29-20(13-31-12-17-5-7-18(24)8-6-17)27-28-23(29)32-14-21(30)26-22-15(2)10-19(25)11-16(22)3/h4-8,10-11H,1,9,12-14H2,2-3H3,(H,26,30). The summed E-state index contributed by atoms with van der Waals surface area (Å²) in [5, 5.41) is 13.2. The van der Waals surface area contributed by atoms with Gasteiger partial charge >= 0.3 is 0 Å². The summed E-state index contributed by atoms with van der Waals surface area (Å²) >= 11 is 11.4. The van der Waals surface area contributed by atoms with Gasteiger partial charge in [0, 0.05) is 26.6 Å². The van der Waals surface area contributed by atoms with Crippen molar-refractivity contribution in [1.82, 2.24) is 14.8 Å². The number of hydrogen-bond donors (Lipinski definition) is 1. The fraction of sp³-hybridized carbons (Fsp3) is 0.261. The molecule has 0 spiro atoms. The number of rotatable bonds is 10. The van der Waals surface area contributed by atoms with Crippen LogP contribution in [0, 0.1) is 17.4 Å². The minimum Gasteiger partial charge on any atom is -0.325 e. The van der Waals surface area contributed by atoms with Crippen molar-refractivity contribution in [2.24, 2.45) is 0 Å². The zero-order valence-electron chi connectivity index (χ0n) is 17.9. The molecular formula is C23H24ClIN4OS2. The Morgan fingerprint density at radius 3 is 2.53 bits per heavy atom. The lowest BCUT2D eigenvalue weighted by Gasteiger charge is -2.12. The van der Waals surface area contributed by atoms with Crippen LogP contribution in [0.2, 0.25) is 5.02 Å². The molecule has 1 amide bonds. The van der Waals surface area contributed by atoms with E-state index in [1.54, 1.807) is 11.8 Å². The first-order valence-corrected chi connectivity index (χ1v) is 13.5. The molecule has 0 aliphatic heterocycles. The maximum Gasteiger partial charge on any atom is 0.234 e. The molecule has 0 atom stereocenters. The van der Waals surface area contributed by atoms with Crippen molar-refractivity contribution < 1.29 is 4.79 Å². The largest absolute Gasteiger partial charge is 0.325 e. The Morgan fingerprint density at radius 2 is 1.88 bits per heavy atom. The van der Waals surface area contributed by atoms with Crippen molar-refractivity contribution in [2.75, 3.05) is 11.1 Å². The fourth-order valence-corrected chi connectivity index (χ4v) is 5.85. The topological polar surface area (TPSA) is 59.8 Å². The van der Waals surface area contributed by atoms with Crippen molar-refractivity contribution in [1.29, 1.82) is 0 Å². The molecule has 0 saturated carbocycles. The number of nitrogens with zero attached hydrogens (tertiary/aromatic N) is 3. The second-order valence-corrected chi connectivity index (χ2v) is 10.8. The molecule has 9 heteroatoms. The summed E-state index contributed by atoms with van der Waals surface area (Å²) in [6.07, 6.45) is 1.82. The fourth-order valence-electron chi connectivity index (χ4n) is 3.10. The average molecular weight is 599 g/mol. The van der Waals surface area contributed by atoms with Gasteiger partial charge in [0.25, 0.3) is 0 Å². The first kappa shape index (κ1) is 25.1. The van der Waals surface area contributed by atoms with E-state index in [9.17, 15) is 4.79 Å². The molecule has 0 aliphatic rings. The number of hydrogen-bond acceptors (Lipinski definition) is 5. The molecule has 0 fully saturated rings. The van der Waals surface area contributed by atoms with E-state index >= 15 is 0 Å². The van der Waals surface area contributed by atoms with Gasteiger partial charge in [0.05, 0.1) is 11.5 Å². The number of amides is 1. The molecule has 168 valence electrons. The minimum absolute atomic E-state index is 0.0609. The zero-order valence-corrected chi connectivity index (χ0v) is 22.4. The maximum absolute atomic E-state index is 12.6. The van der Waals surface area contributed by atoms with Gasteiger partial charge in [-0.05, 0) is 77.4 Å². The molecule has 0 bridgehead atoms. The molecule has 1 aromatic heterocycles. The molecule has 3 aromatic rings. The summed E-state index contributed by atoms with van der Waals surface area (Å²) in [6.45, 7) is 8.46. The van der Waals surface area contributed by atoms with Gasteiger partial charge in [-0.25, -0.2) is 0 Å². The van der Waals surface area contributed by atoms with Crippen LogP contribution < -0.4 is 5.32 Å². The zero-order chi connectivity index (χ0) is 23.1. The summed E-state index contributed by atoms with van der Waals surface area (Å²) < 4.78 is 3.17. The van der Waals surface area contributed by atoms with Gasteiger partial charge in [0.2, 0.25) is 5.91 Å². The molecule has 5 nitrogen and oxygen atoms in total. The number of carbonyl (C=O) groups excluding carboxylic acids is 1. The Bertz CT molecular complexity index is 1080. The first-order valence-electron chi connectivity index (χ1n) is 9.92. The molecular weight excluding hydrogens is 575 g/mol. The van der Waals surface area contributed by atoms with Crippen LogP contribution in [0.5, 0.6) is 0 Å². The predicted molar refractivity (Wildman–Crippen MR) is 145 cm³/mol. The van der Waals surface area contributed by atoms with E-state index in [-0.39, 0.29) is 11.7 Å². The average Bonchev–Trinajstić information content (AvgIpc) is 3.12. The monoisotopic (exact) mass is 598 g/mol. The highest BCUT2D eigenvalue weighted by molar-refractivity contribution is 14.1. The Kier molecular flexibility index (Phi) is 9.51. The first-order chi connectivity index (χ1) is 15.4. The molecule has 1 heterocycles. The third-order valence-corrected chi connectivity index (χ3v) is 7.45. The Labute approximate surface area is 215 Å². The lowest BCUT2D eigenvalue weighted by atomic mass is 10.1. The lowest BCUT2D eigenvalue weighted by Crippen LogP contribution is -2.16. The highest BCUT2D eigenvalue weighted by Gasteiger charge is 2.15. The van der Waals surface area contributed by atoms with Gasteiger partial charge in [0.15, 0.2) is 5.16 Å². The molecule has 0 aliphatic carbocycles. The number of halogens is 2. The van der Waals surface area contributed by atoms with E-state index in [1.807, 2.05) is 48.8 Å². The highest BCUT2D eigenvalue weighted by atomic mass is 127. The maximum atomic E-state index is 12.6. The quantitative estimate of drug-likeness (QED) is 0.164. The number of nitrogens with one attached hydrogen (secondary N) is 1. The summed E-state index contributed by atoms with van der Waals surface area (Å²) in [5.41, 5.74) is 4.20. The summed E-state index contributed by atoms with van der Waals surface area (Å²) in [5.74, 6) is 2.65. The van der Waals surface area contributed by atoms with Gasteiger partial charge in [-0.3, -0.25) is 4.79 Å². The van der Waals surface area contributed by atoms with Crippen LogP contribution in [-0.4, -0.2) is 26.4 Å². The Hall–Kier alpha value is -1.49. The number of aromatic nitrogens is 3. The van der Waals surface area contributed by atoms with Crippen molar-refractivity contribution in [3.63, 3.8) is 0 Å². The minimum atomic E-state index is -0.0609. The lowest BCUT2D eigenvalue weighted by molar-refractivity contribution is -0.113. The normalized spacial score (nSPS) is 10.9. The van der Waals surface area contributed by atoms with E-state index in [0.29, 0.717) is 6.54 Å². The second kappa shape index (κ2) is 12.1. The number of aryl methyl sites for hydroxylation is 2. The van der Waals surface area contributed by atoms with Crippen molar-refractivity contribution in [3.8, 4) is 0 Å². The molecule has 2 aromatic carbocycles. The number of allylic oxidation sites excluding steroid dienone is 1. The highest BCUT2D eigenvalue weighted by Crippen LogP contribution is 2.25. The number of benzene rings is 2. The molecule has 1 N–H and O–H groups in total.